The van der Waals surface area contributed by atoms with Crippen LogP contribution in [0.3, 0.4) is 0 Å². The SMILES string of the molecule is Cc1cccc(C(C)C)c1NC(=O)CNC[C@@H]1OCCc2ccccc21. The summed E-state index contributed by atoms with van der Waals surface area (Å²) in [6.07, 6.45) is 0.968. The summed E-state index contributed by atoms with van der Waals surface area (Å²) in [7, 11) is 0. The average molecular weight is 352 g/mol. The lowest BCUT2D eigenvalue weighted by molar-refractivity contribution is -0.115. The molecule has 2 aromatic rings. The van der Waals surface area contributed by atoms with E-state index < -0.39 is 0 Å². The lowest BCUT2D eigenvalue weighted by Gasteiger charge is -2.26. The standard InChI is InChI=1S/C22H28N2O2/c1-15(2)18-10-6-7-16(3)22(18)24-21(25)14-23-13-20-19-9-5-4-8-17(19)11-12-26-20/h4-10,15,20,23H,11-14H2,1-3H3,(H,24,25)/t20-/m0/s1. The van der Waals surface area contributed by atoms with Gasteiger partial charge in [-0.25, -0.2) is 0 Å². The minimum Gasteiger partial charge on any atom is -0.372 e. The Balaban J connectivity index is 1.56. The summed E-state index contributed by atoms with van der Waals surface area (Å²) in [5.74, 6) is 0.343. The highest BCUT2D eigenvalue weighted by Gasteiger charge is 2.20. The van der Waals surface area contributed by atoms with E-state index in [0.29, 0.717) is 12.5 Å². The van der Waals surface area contributed by atoms with Crippen molar-refractivity contribution in [3.05, 3.63) is 64.7 Å². The third kappa shape index (κ3) is 4.32. The molecule has 0 aromatic heterocycles. The van der Waals surface area contributed by atoms with Crippen LogP contribution in [0.4, 0.5) is 5.69 Å². The van der Waals surface area contributed by atoms with Gasteiger partial charge in [0.05, 0.1) is 19.3 Å². The molecular weight excluding hydrogens is 324 g/mol. The monoisotopic (exact) mass is 352 g/mol. The van der Waals surface area contributed by atoms with E-state index in [0.717, 1.165) is 24.3 Å². The number of anilines is 1. The number of carbonyl (C=O) groups excluding carboxylic acids is 1. The third-order valence-corrected chi connectivity index (χ3v) is 4.90. The molecule has 0 unspecified atom stereocenters. The fraction of sp³-hybridized carbons (Fsp3) is 0.409. The molecule has 0 spiro atoms. The molecule has 1 aliphatic rings. The first-order valence-electron chi connectivity index (χ1n) is 9.35. The summed E-state index contributed by atoms with van der Waals surface area (Å²) in [5.41, 5.74) is 5.77. The summed E-state index contributed by atoms with van der Waals surface area (Å²) in [4.78, 5) is 12.4. The molecule has 0 radical (unpaired) electrons. The smallest absolute Gasteiger partial charge is 0.238 e. The molecular formula is C22H28N2O2. The van der Waals surface area contributed by atoms with E-state index in [4.69, 9.17) is 4.74 Å². The van der Waals surface area contributed by atoms with Crippen molar-refractivity contribution in [2.24, 2.45) is 0 Å². The molecule has 0 bridgehead atoms. The molecule has 1 atom stereocenters. The maximum atomic E-state index is 12.4. The Kier molecular flexibility index (Phi) is 6.07. The van der Waals surface area contributed by atoms with E-state index in [1.54, 1.807) is 0 Å². The Labute approximate surface area is 156 Å². The van der Waals surface area contributed by atoms with Crippen LogP contribution in [0.5, 0.6) is 0 Å². The first kappa shape index (κ1) is 18.6. The van der Waals surface area contributed by atoms with Gasteiger partial charge < -0.3 is 15.4 Å². The molecule has 26 heavy (non-hydrogen) atoms. The molecule has 2 N–H and O–H groups in total. The van der Waals surface area contributed by atoms with Gasteiger partial charge in [-0.05, 0) is 41.5 Å². The minimum atomic E-state index is -0.0229. The number of nitrogens with one attached hydrogen (secondary N) is 2. The van der Waals surface area contributed by atoms with Gasteiger partial charge in [-0.2, -0.15) is 0 Å². The number of rotatable bonds is 6. The molecule has 1 amide bonds. The lowest BCUT2D eigenvalue weighted by atomic mass is 9.97. The Morgan fingerprint density at radius 1 is 1.19 bits per heavy atom. The van der Waals surface area contributed by atoms with Gasteiger partial charge in [0.2, 0.25) is 5.91 Å². The number of hydrogen-bond donors (Lipinski definition) is 2. The number of ether oxygens (including phenoxy) is 1. The van der Waals surface area contributed by atoms with Crippen molar-refractivity contribution in [1.82, 2.24) is 5.32 Å². The first-order valence-corrected chi connectivity index (χ1v) is 9.35. The summed E-state index contributed by atoms with van der Waals surface area (Å²) >= 11 is 0. The number of amides is 1. The maximum Gasteiger partial charge on any atom is 0.238 e. The van der Waals surface area contributed by atoms with Crippen molar-refractivity contribution < 1.29 is 9.53 Å². The van der Waals surface area contributed by atoms with Gasteiger partial charge in [-0.15, -0.1) is 0 Å². The Morgan fingerprint density at radius 2 is 2.00 bits per heavy atom. The van der Waals surface area contributed by atoms with E-state index in [-0.39, 0.29) is 18.6 Å². The highest BCUT2D eigenvalue weighted by Crippen LogP contribution is 2.28. The second-order valence-electron chi connectivity index (χ2n) is 7.18. The van der Waals surface area contributed by atoms with Gasteiger partial charge in [-0.3, -0.25) is 4.79 Å². The fourth-order valence-corrected chi connectivity index (χ4v) is 3.49. The zero-order valence-corrected chi connectivity index (χ0v) is 15.8. The van der Waals surface area contributed by atoms with E-state index in [9.17, 15) is 4.79 Å². The predicted octanol–water partition coefficient (Wildman–Crippen LogP) is 3.96. The molecule has 2 aromatic carbocycles. The van der Waals surface area contributed by atoms with E-state index >= 15 is 0 Å². The van der Waals surface area contributed by atoms with Crippen LogP contribution in [0.15, 0.2) is 42.5 Å². The second-order valence-corrected chi connectivity index (χ2v) is 7.18. The molecule has 4 nitrogen and oxygen atoms in total. The van der Waals surface area contributed by atoms with E-state index in [2.05, 4.69) is 48.7 Å². The molecule has 1 heterocycles. The highest BCUT2D eigenvalue weighted by molar-refractivity contribution is 5.93. The molecule has 1 aliphatic heterocycles. The molecule has 138 valence electrons. The Morgan fingerprint density at radius 3 is 2.81 bits per heavy atom. The zero-order valence-electron chi connectivity index (χ0n) is 15.8. The quantitative estimate of drug-likeness (QED) is 0.827. The fourth-order valence-electron chi connectivity index (χ4n) is 3.49. The first-order chi connectivity index (χ1) is 12.6. The largest absolute Gasteiger partial charge is 0.372 e. The molecule has 4 heteroatoms. The molecule has 0 aliphatic carbocycles. The Bertz CT molecular complexity index is 770. The minimum absolute atomic E-state index is 0.0115. The van der Waals surface area contributed by atoms with Gasteiger partial charge >= 0.3 is 0 Å². The normalized spacial score (nSPS) is 16.4. The maximum absolute atomic E-state index is 12.4. The number of carbonyl (C=O) groups is 1. The summed E-state index contributed by atoms with van der Waals surface area (Å²) in [5, 5.41) is 6.32. The van der Waals surface area contributed by atoms with Crippen molar-refractivity contribution in [2.75, 3.05) is 25.0 Å². The van der Waals surface area contributed by atoms with Gasteiger partial charge in [0.1, 0.15) is 0 Å². The third-order valence-electron chi connectivity index (χ3n) is 4.90. The number of para-hydroxylation sites is 1. The predicted molar refractivity (Wildman–Crippen MR) is 106 cm³/mol. The average Bonchev–Trinajstić information content (AvgIpc) is 2.63. The van der Waals surface area contributed by atoms with Crippen molar-refractivity contribution in [3.63, 3.8) is 0 Å². The van der Waals surface area contributed by atoms with Crippen molar-refractivity contribution in [3.8, 4) is 0 Å². The lowest BCUT2D eigenvalue weighted by Crippen LogP contribution is -2.33. The van der Waals surface area contributed by atoms with Crippen molar-refractivity contribution >= 4 is 11.6 Å². The van der Waals surface area contributed by atoms with Crippen LogP contribution in [0.2, 0.25) is 0 Å². The summed E-state index contributed by atoms with van der Waals surface area (Å²) in [6.45, 7) is 7.95. The summed E-state index contributed by atoms with van der Waals surface area (Å²) in [6, 6.07) is 14.5. The number of hydrogen-bond acceptors (Lipinski definition) is 3. The second kappa shape index (κ2) is 8.47. The van der Waals surface area contributed by atoms with Crippen LogP contribution in [0, 0.1) is 6.92 Å². The van der Waals surface area contributed by atoms with E-state index in [1.807, 2.05) is 25.1 Å². The van der Waals surface area contributed by atoms with Crippen LogP contribution >= 0.6 is 0 Å². The van der Waals surface area contributed by atoms with Crippen molar-refractivity contribution in [1.29, 1.82) is 0 Å². The number of benzene rings is 2. The van der Waals surface area contributed by atoms with Crippen LogP contribution in [0.25, 0.3) is 0 Å². The summed E-state index contributed by atoms with van der Waals surface area (Å²) < 4.78 is 5.88. The van der Waals surface area contributed by atoms with Crippen LogP contribution in [0.1, 0.15) is 48.1 Å². The van der Waals surface area contributed by atoms with Gasteiger partial charge in [0.25, 0.3) is 0 Å². The topological polar surface area (TPSA) is 50.4 Å². The van der Waals surface area contributed by atoms with Gasteiger partial charge in [0.15, 0.2) is 0 Å². The van der Waals surface area contributed by atoms with Crippen LogP contribution < -0.4 is 10.6 Å². The molecule has 0 fully saturated rings. The van der Waals surface area contributed by atoms with Crippen LogP contribution in [-0.4, -0.2) is 25.6 Å². The number of aryl methyl sites for hydroxylation is 1. The van der Waals surface area contributed by atoms with Gasteiger partial charge in [-0.1, -0.05) is 56.3 Å². The molecule has 3 rings (SSSR count). The zero-order chi connectivity index (χ0) is 18.5. The van der Waals surface area contributed by atoms with Crippen molar-refractivity contribution in [2.45, 2.75) is 39.2 Å². The highest BCUT2D eigenvalue weighted by atomic mass is 16.5. The molecule has 0 saturated carbocycles. The Hall–Kier alpha value is -2.17. The molecule has 0 saturated heterocycles. The van der Waals surface area contributed by atoms with E-state index in [1.165, 1.54) is 16.7 Å². The van der Waals surface area contributed by atoms with Gasteiger partial charge in [0, 0.05) is 12.2 Å². The number of fused-ring (bicyclic) bond motifs is 1. The van der Waals surface area contributed by atoms with Crippen LogP contribution in [-0.2, 0) is 16.0 Å².